The summed E-state index contributed by atoms with van der Waals surface area (Å²) in [6.45, 7) is 1.31. The lowest BCUT2D eigenvalue weighted by Gasteiger charge is -2.13. The molecular formula is C20H14BrF2N3O3. The summed E-state index contributed by atoms with van der Waals surface area (Å²) in [7, 11) is 0. The first-order chi connectivity index (χ1) is 13.7. The first-order valence-corrected chi connectivity index (χ1v) is 9.11. The Morgan fingerprint density at radius 1 is 1.03 bits per heavy atom. The number of hydrogen-bond acceptors (Lipinski definition) is 4. The molecule has 0 aliphatic heterocycles. The number of benzene rings is 3. The molecule has 2 N–H and O–H groups in total. The molecule has 0 aromatic heterocycles. The van der Waals surface area contributed by atoms with E-state index in [1.165, 1.54) is 37.3 Å². The summed E-state index contributed by atoms with van der Waals surface area (Å²) < 4.78 is 28.4. The normalized spacial score (nSPS) is 10.5. The van der Waals surface area contributed by atoms with Gasteiger partial charge in [-0.3, -0.25) is 14.9 Å². The van der Waals surface area contributed by atoms with Crippen LogP contribution >= 0.6 is 15.9 Å². The summed E-state index contributed by atoms with van der Waals surface area (Å²) in [4.78, 5) is 22.3. The van der Waals surface area contributed by atoms with Crippen LogP contribution in [0.3, 0.4) is 0 Å². The molecule has 9 heteroatoms. The molecule has 0 saturated carbocycles. The minimum Gasteiger partial charge on any atom is -0.350 e. The van der Waals surface area contributed by atoms with Gasteiger partial charge in [0.25, 0.3) is 5.69 Å². The van der Waals surface area contributed by atoms with Crippen LogP contribution in [0.15, 0.2) is 59.1 Å². The van der Waals surface area contributed by atoms with Crippen LogP contribution in [0.4, 0.5) is 31.5 Å². The molecule has 0 atom stereocenters. The van der Waals surface area contributed by atoms with Crippen LogP contribution in [-0.2, 0) is 4.79 Å². The number of hydrogen-bond donors (Lipinski definition) is 2. The first kappa shape index (κ1) is 20.4. The number of rotatable bonds is 5. The summed E-state index contributed by atoms with van der Waals surface area (Å²) in [6, 6.07) is 12.0. The lowest BCUT2D eigenvalue weighted by molar-refractivity contribution is -0.384. The number of nitro benzene ring substituents is 1. The summed E-state index contributed by atoms with van der Waals surface area (Å²) in [6.07, 6.45) is 0. The smallest absolute Gasteiger partial charge is 0.293 e. The van der Waals surface area contributed by atoms with Crippen LogP contribution in [0, 0.1) is 21.7 Å². The zero-order valence-corrected chi connectivity index (χ0v) is 16.6. The van der Waals surface area contributed by atoms with Crippen molar-refractivity contribution in [3.05, 3.63) is 80.8 Å². The number of nitrogens with zero attached hydrogens (tertiary/aromatic N) is 1. The molecule has 6 nitrogen and oxygen atoms in total. The van der Waals surface area contributed by atoms with Gasteiger partial charge in [-0.1, -0.05) is 15.9 Å². The molecule has 0 aliphatic carbocycles. The highest BCUT2D eigenvalue weighted by Crippen LogP contribution is 2.34. The van der Waals surface area contributed by atoms with E-state index in [0.717, 1.165) is 18.2 Å². The molecular weight excluding hydrogens is 448 g/mol. The van der Waals surface area contributed by atoms with Crippen molar-refractivity contribution in [2.24, 2.45) is 0 Å². The predicted octanol–water partition coefficient (Wildman–Crippen LogP) is 6.00. The maximum atomic E-state index is 14.3. The van der Waals surface area contributed by atoms with Gasteiger partial charge in [0, 0.05) is 34.4 Å². The maximum Gasteiger partial charge on any atom is 0.293 e. The number of carbonyl (C=O) groups excluding carboxylic acids is 1. The van der Waals surface area contributed by atoms with Crippen molar-refractivity contribution >= 4 is 44.6 Å². The summed E-state index contributed by atoms with van der Waals surface area (Å²) in [5, 5.41) is 16.8. The fourth-order valence-corrected chi connectivity index (χ4v) is 3.12. The lowest BCUT2D eigenvalue weighted by Crippen LogP contribution is -2.06. The van der Waals surface area contributed by atoms with E-state index in [-0.39, 0.29) is 28.4 Å². The minimum absolute atomic E-state index is 0.00874. The zero-order valence-electron chi connectivity index (χ0n) is 15.0. The van der Waals surface area contributed by atoms with Gasteiger partial charge in [-0.2, -0.15) is 0 Å². The summed E-state index contributed by atoms with van der Waals surface area (Å²) >= 11 is 3.19. The fraction of sp³-hybridized carbons (Fsp3) is 0.0500. The molecule has 3 aromatic rings. The molecule has 3 rings (SSSR count). The summed E-state index contributed by atoms with van der Waals surface area (Å²) in [5.41, 5.74) is 0.967. The highest BCUT2D eigenvalue weighted by Gasteiger charge is 2.16. The molecule has 29 heavy (non-hydrogen) atoms. The standard InChI is InChI=1S/C20H14BrF2N3O3/c1-11(27)24-15-6-12(17-9-14(22)3-4-18(17)23)7-16(10-15)25-19-5-2-13(21)8-20(19)26(28)29/h2-10,25H,1H3,(H,24,27). The maximum absolute atomic E-state index is 14.3. The molecule has 0 heterocycles. The SMILES string of the molecule is CC(=O)Nc1cc(Nc2ccc(Br)cc2[N+](=O)[O-])cc(-c2cc(F)ccc2F)c1. The largest absolute Gasteiger partial charge is 0.350 e. The van der Waals surface area contributed by atoms with Gasteiger partial charge in [-0.05, 0) is 54.1 Å². The molecule has 0 spiro atoms. The van der Waals surface area contributed by atoms with E-state index in [0.29, 0.717) is 15.8 Å². The Balaban J connectivity index is 2.11. The van der Waals surface area contributed by atoms with Gasteiger partial charge in [0.05, 0.1) is 4.92 Å². The van der Waals surface area contributed by atoms with E-state index in [9.17, 15) is 23.7 Å². The Kier molecular flexibility index (Phi) is 5.88. The van der Waals surface area contributed by atoms with E-state index >= 15 is 0 Å². The van der Waals surface area contributed by atoms with Crippen molar-refractivity contribution in [1.82, 2.24) is 0 Å². The Hall–Kier alpha value is -3.33. The van der Waals surface area contributed by atoms with Gasteiger partial charge < -0.3 is 10.6 Å². The van der Waals surface area contributed by atoms with Crippen LogP contribution in [0.2, 0.25) is 0 Å². The zero-order chi connectivity index (χ0) is 21.1. The van der Waals surface area contributed by atoms with Gasteiger partial charge in [0.1, 0.15) is 17.3 Å². The van der Waals surface area contributed by atoms with Crippen molar-refractivity contribution in [2.75, 3.05) is 10.6 Å². The molecule has 0 radical (unpaired) electrons. The molecule has 148 valence electrons. The fourth-order valence-electron chi connectivity index (χ4n) is 2.77. The molecule has 0 saturated heterocycles. The van der Waals surface area contributed by atoms with E-state index in [4.69, 9.17) is 0 Å². The van der Waals surface area contributed by atoms with Crippen LogP contribution < -0.4 is 10.6 Å². The average Bonchev–Trinajstić information content (AvgIpc) is 2.64. The Labute approximate surface area is 172 Å². The first-order valence-electron chi connectivity index (χ1n) is 8.32. The second-order valence-electron chi connectivity index (χ2n) is 6.15. The molecule has 0 aliphatic rings. The Bertz CT molecular complexity index is 1120. The van der Waals surface area contributed by atoms with Gasteiger partial charge in [0.2, 0.25) is 5.91 Å². The van der Waals surface area contributed by atoms with E-state index < -0.39 is 16.6 Å². The van der Waals surface area contributed by atoms with Crippen molar-refractivity contribution in [2.45, 2.75) is 6.92 Å². The van der Waals surface area contributed by atoms with Gasteiger partial charge in [0.15, 0.2) is 0 Å². The van der Waals surface area contributed by atoms with Crippen LogP contribution in [-0.4, -0.2) is 10.8 Å². The quantitative estimate of drug-likeness (QED) is 0.360. The highest BCUT2D eigenvalue weighted by atomic mass is 79.9. The third-order valence-electron chi connectivity index (χ3n) is 3.93. The second kappa shape index (κ2) is 8.36. The lowest BCUT2D eigenvalue weighted by atomic mass is 10.0. The van der Waals surface area contributed by atoms with Gasteiger partial charge in [-0.25, -0.2) is 8.78 Å². The number of anilines is 3. The number of nitro groups is 1. The van der Waals surface area contributed by atoms with Gasteiger partial charge in [-0.15, -0.1) is 0 Å². The molecule has 1 amide bonds. The van der Waals surface area contributed by atoms with Crippen LogP contribution in [0.5, 0.6) is 0 Å². The molecule has 0 unspecified atom stereocenters. The third-order valence-corrected chi connectivity index (χ3v) is 4.42. The number of amides is 1. The molecule has 3 aromatic carbocycles. The van der Waals surface area contributed by atoms with E-state index in [1.54, 1.807) is 6.07 Å². The predicted molar refractivity (Wildman–Crippen MR) is 110 cm³/mol. The van der Waals surface area contributed by atoms with E-state index in [2.05, 4.69) is 26.6 Å². The van der Waals surface area contributed by atoms with Gasteiger partial charge >= 0.3 is 0 Å². The highest BCUT2D eigenvalue weighted by molar-refractivity contribution is 9.10. The van der Waals surface area contributed by atoms with Crippen LogP contribution in [0.25, 0.3) is 11.1 Å². The van der Waals surface area contributed by atoms with Crippen LogP contribution in [0.1, 0.15) is 6.92 Å². The number of nitrogens with one attached hydrogen (secondary N) is 2. The van der Waals surface area contributed by atoms with Crippen molar-refractivity contribution in [1.29, 1.82) is 0 Å². The summed E-state index contributed by atoms with van der Waals surface area (Å²) in [5.74, 6) is -1.63. The molecule has 0 bridgehead atoms. The topological polar surface area (TPSA) is 84.3 Å². The Morgan fingerprint density at radius 3 is 2.45 bits per heavy atom. The van der Waals surface area contributed by atoms with Crippen molar-refractivity contribution in [3.63, 3.8) is 0 Å². The third kappa shape index (κ3) is 4.94. The minimum atomic E-state index is -0.646. The van der Waals surface area contributed by atoms with Crippen molar-refractivity contribution < 1.29 is 18.5 Å². The number of halogens is 3. The Morgan fingerprint density at radius 2 is 1.76 bits per heavy atom. The molecule has 0 fully saturated rings. The second-order valence-corrected chi connectivity index (χ2v) is 7.06. The van der Waals surface area contributed by atoms with Crippen molar-refractivity contribution in [3.8, 4) is 11.1 Å². The average molecular weight is 462 g/mol. The monoisotopic (exact) mass is 461 g/mol. The van der Waals surface area contributed by atoms with E-state index in [1.807, 2.05) is 0 Å². The number of carbonyl (C=O) groups is 1.